The number of nitrogens with one attached hydrogen (secondary N) is 2. The number of aryl methyl sites for hydroxylation is 1. The number of esters is 1. The Morgan fingerprint density at radius 3 is 2.73 bits per heavy atom. The van der Waals surface area contributed by atoms with E-state index in [0.29, 0.717) is 62.2 Å². The SMILES string of the molecule is C=CC(=O)N1CS[C@H](CN(C)[C@H](C(=O)NC2Cc3nsc(n3)-c3ccc4c(c3)c(c(-c3cccnc3[C@H](C)OC)n4CC)CC(C)(C)COC(=O)[C@@H]3CCCN(N3)C2=O)C(C)C)C1. The molecular weight excluding hydrogens is 839 g/mol. The number of benzene rings is 1. The lowest BCUT2D eigenvalue weighted by Gasteiger charge is -2.36. The van der Waals surface area contributed by atoms with Crippen LogP contribution in [0.3, 0.4) is 0 Å². The highest BCUT2D eigenvalue weighted by molar-refractivity contribution is 8.00. The third-order valence-electron chi connectivity index (χ3n) is 12.3. The van der Waals surface area contributed by atoms with Crippen LogP contribution in [-0.2, 0) is 48.0 Å². The van der Waals surface area contributed by atoms with Gasteiger partial charge in [-0.3, -0.25) is 34.1 Å². The van der Waals surface area contributed by atoms with Crippen molar-refractivity contribution in [2.75, 3.05) is 46.3 Å². The van der Waals surface area contributed by atoms with Crippen molar-refractivity contribution in [1.29, 1.82) is 0 Å². The first-order valence-electron chi connectivity index (χ1n) is 21.9. The fraction of sp³-hybridized carbons (Fsp3) is 0.543. The maximum absolute atomic E-state index is 14.6. The zero-order chi connectivity index (χ0) is 45.2. The second kappa shape index (κ2) is 19.6. The van der Waals surface area contributed by atoms with E-state index in [9.17, 15) is 19.2 Å². The van der Waals surface area contributed by atoms with Gasteiger partial charge in [0, 0.05) is 78.6 Å². The second-order valence-corrected chi connectivity index (χ2v) is 20.0. The first-order chi connectivity index (χ1) is 30.1. The molecule has 3 aliphatic heterocycles. The molecule has 2 fully saturated rings. The number of nitrogens with zero attached hydrogens (tertiary/aromatic N) is 7. The molecule has 0 radical (unpaired) electrons. The Balaban J connectivity index is 1.26. The van der Waals surface area contributed by atoms with E-state index < -0.39 is 29.5 Å². The molecule has 6 bridgehead atoms. The first kappa shape index (κ1) is 46.3. The maximum Gasteiger partial charge on any atom is 0.324 e. The third-order valence-corrected chi connectivity index (χ3v) is 14.3. The quantitative estimate of drug-likeness (QED) is 0.141. The molecule has 63 heavy (non-hydrogen) atoms. The first-order valence-corrected chi connectivity index (χ1v) is 23.7. The van der Waals surface area contributed by atoms with Crippen LogP contribution in [0.25, 0.3) is 32.7 Å². The summed E-state index contributed by atoms with van der Waals surface area (Å²) in [6.45, 7) is 18.2. The summed E-state index contributed by atoms with van der Waals surface area (Å²) >= 11 is 2.93. The van der Waals surface area contributed by atoms with Crippen LogP contribution in [0.4, 0.5) is 0 Å². The molecule has 17 heteroatoms. The van der Waals surface area contributed by atoms with Gasteiger partial charge in [-0.1, -0.05) is 34.3 Å². The number of methoxy groups -OCH3 is 1. The Bertz CT molecular complexity index is 2340. The number of hydrazine groups is 1. The number of cyclic esters (lactones) is 1. The Hall–Kier alpha value is -4.68. The van der Waals surface area contributed by atoms with Crippen molar-refractivity contribution in [1.82, 2.24) is 44.5 Å². The number of hydrogen-bond donors (Lipinski definition) is 2. The molecule has 2 N–H and O–H groups in total. The molecule has 3 aliphatic rings. The minimum absolute atomic E-state index is 0.0412. The minimum atomic E-state index is -1.03. The predicted octanol–water partition coefficient (Wildman–Crippen LogP) is 5.64. The van der Waals surface area contributed by atoms with Gasteiger partial charge in [0.15, 0.2) is 0 Å². The van der Waals surface area contributed by atoms with Gasteiger partial charge in [-0.2, -0.15) is 4.37 Å². The summed E-state index contributed by atoms with van der Waals surface area (Å²) in [7, 11) is 3.59. The molecule has 3 amide bonds. The molecule has 1 unspecified atom stereocenters. The van der Waals surface area contributed by atoms with E-state index in [4.69, 9.17) is 23.8 Å². The molecule has 6 heterocycles. The number of thioether (sulfide) groups is 1. The number of fused-ring (bicyclic) bond motifs is 6. The molecular formula is C46H61N9O6S2. The highest BCUT2D eigenvalue weighted by atomic mass is 32.2. The summed E-state index contributed by atoms with van der Waals surface area (Å²) < 4.78 is 19.0. The van der Waals surface area contributed by atoms with Crippen molar-refractivity contribution in [2.24, 2.45) is 11.3 Å². The van der Waals surface area contributed by atoms with Crippen molar-refractivity contribution in [3.63, 3.8) is 0 Å². The fourth-order valence-electron chi connectivity index (χ4n) is 9.11. The van der Waals surface area contributed by atoms with Gasteiger partial charge in [-0.25, -0.2) is 10.4 Å². The van der Waals surface area contributed by atoms with Crippen LogP contribution in [0.5, 0.6) is 0 Å². The summed E-state index contributed by atoms with van der Waals surface area (Å²) in [5.74, 6) is -0.334. The molecule has 0 spiro atoms. The van der Waals surface area contributed by atoms with Crippen molar-refractivity contribution in [3.05, 3.63) is 66.3 Å². The number of carbonyl (C=O) groups is 4. The monoisotopic (exact) mass is 899 g/mol. The number of hydrogen-bond acceptors (Lipinski definition) is 13. The van der Waals surface area contributed by atoms with E-state index >= 15 is 0 Å². The lowest BCUT2D eigenvalue weighted by molar-refractivity contribution is -0.155. The normalized spacial score (nSPS) is 21.7. The van der Waals surface area contributed by atoms with E-state index in [2.05, 4.69) is 66.9 Å². The lowest BCUT2D eigenvalue weighted by Crippen LogP contribution is -2.62. The number of rotatable bonds is 11. The zero-order valence-corrected chi connectivity index (χ0v) is 39.3. The van der Waals surface area contributed by atoms with Gasteiger partial charge in [-0.05, 0) is 99.6 Å². The van der Waals surface area contributed by atoms with Crippen molar-refractivity contribution >= 4 is 57.9 Å². The summed E-state index contributed by atoms with van der Waals surface area (Å²) in [4.78, 5) is 68.6. The van der Waals surface area contributed by atoms with Gasteiger partial charge in [0.25, 0.3) is 5.91 Å². The number of amides is 3. The molecule has 3 aromatic heterocycles. The van der Waals surface area contributed by atoms with Crippen molar-refractivity contribution in [3.8, 4) is 21.8 Å². The van der Waals surface area contributed by atoms with Crippen LogP contribution in [0.1, 0.15) is 77.6 Å². The van der Waals surface area contributed by atoms with Crippen LogP contribution in [0.2, 0.25) is 0 Å². The third kappa shape index (κ3) is 10.0. The molecule has 15 nitrogen and oxygen atoms in total. The number of carbonyl (C=O) groups excluding carboxylic acids is 4. The highest BCUT2D eigenvalue weighted by Gasteiger charge is 2.38. The molecule has 0 saturated carbocycles. The molecule has 5 atom stereocenters. The van der Waals surface area contributed by atoms with Crippen LogP contribution < -0.4 is 10.7 Å². The molecule has 7 rings (SSSR count). The topological polar surface area (TPSA) is 164 Å². The Kier molecular flexibility index (Phi) is 14.4. The Labute approximate surface area is 378 Å². The van der Waals surface area contributed by atoms with E-state index in [-0.39, 0.29) is 48.0 Å². The summed E-state index contributed by atoms with van der Waals surface area (Å²) in [5, 5.41) is 6.40. The number of pyridine rings is 1. The van der Waals surface area contributed by atoms with Crippen molar-refractivity contribution < 1.29 is 28.7 Å². The fourth-order valence-corrected chi connectivity index (χ4v) is 11.0. The number of ether oxygens (including phenoxy) is 2. The summed E-state index contributed by atoms with van der Waals surface area (Å²) in [6.07, 6.45) is 4.55. The van der Waals surface area contributed by atoms with Crippen molar-refractivity contribution in [2.45, 2.75) is 103 Å². The Morgan fingerprint density at radius 1 is 1.21 bits per heavy atom. The standard InChI is InChI=1S/C46H61N9O6S2/c1-10-38(56)53-24-30(62-26-53)23-52(8)40(27(3)4)42(57)48-35-21-37-49-43(63-51-37)29-16-17-36-32(20-29)33(41(54(36)11-2)31-14-12-18-47-39(31)28(5)60-9)22-46(6,7)25-61-45(59)34-15-13-19-55(50-34)44(35)58/h10,12,14,16-18,20,27-28,30,34-35,40,50H,1,11,13,15,19,21-26H2,2-9H3,(H,48,57)/t28-,30+,34-,35?,40-/m0/s1. The van der Waals surface area contributed by atoms with Gasteiger partial charge in [0.05, 0.1) is 36.0 Å². The van der Waals surface area contributed by atoms with E-state index in [1.807, 2.05) is 38.8 Å². The molecule has 4 aromatic rings. The van der Waals surface area contributed by atoms with Crippen LogP contribution in [0.15, 0.2) is 49.2 Å². The van der Waals surface area contributed by atoms with E-state index in [1.165, 1.54) is 22.6 Å². The zero-order valence-electron chi connectivity index (χ0n) is 37.7. The molecule has 0 aliphatic carbocycles. The summed E-state index contributed by atoms with van der Waals surface area (Å²) in [6, 6.07) is 8.03. The number of likely N-dealkylation sites (N-methyl/N-ethyl adjacent to an activating group) is 1. The summed E-state index contributed by atoms with van der Waals surface area (Å²) in [5.41, 5.74) is 8.55. The van der Waals surface area contributed by atoms with Gasteiger partial charge in [-0.15, -0.1) is 11.8 Å². The minimum Gasteiger partial charge on any atom is -0.464 e. The van der Waals surface area contributed by atoms with Crippen LogP contribution >= 0.6 is 23.3 Å². The van der Waals surface area contributed by atoms with Gasteiger partial charge in [0.2, 0.25) is 11.8 Å². The average Bonchev–Trinajstić information content (AvgIpc) is 4.02. The average molecular weight is 900 g/mol. The number of aromatic nitrogens is 4. The maximum atomic E-state index is 14.6. The van der Waals surface area contributed by atoms with E-state index in [0.717, 1.165) is 39.0 Å². The highest BCUT2D eigenvalue weighted by Crippen LogP contribution is 2.42. The van der Waals surface area contributed by atoms with Gasteiger partial charge >= 0.3 is 5.97 Å². The lowest BCUT2D eigenvalue weighted by atomic mass is 9.84. The smallest absolute Gasteiger partial charge is 0.324 e. The Morgan fingerprint density at radius 2 is 2.00 bits per heavy atom. The van der Waals surface area contributed by atoms with Crippen LogP contribution in [-0.4, -0.2) is 127 Å². The largest absolute Gasteiger partial charge is 0.464 e. The predicted molar refractivity (Wildman–Crippen MR) is 247 cm³/mol. The molecule has 2 saturated heterocycles. The van der Waals surface area contributed by atoms with Gasteiger partial charge in [0.1, 0.15) is 22.9 Å². The van der Waals surface area contributed by atoms with Crippen LogP contribution in [0, 0.1) is 11.3 Å². The van der Waals surface area contributed by atoms with E-state index in [1.54, 1.807) is 30.0 Å². The van der Waals surface area contributed by atoms with Gasteiger partial charge < -0.3 is 24.3 Å². The molecule has 1 aromatic carbocycles. The second-order valence-electron chi connectivity index (χ2n) is 18.0. The molecule has 338 valence electrons.